The van der Waals surface area contributed by atoms with E-state index in [1.165, 1.54) is 5.56 Å². The smallest absolute Gasteiger partial charge is 0.248 e. The molecule has 1 atom stereocenters. The van der Waals surface area contributed by atoms with E-state index in [1.807, 2.05) is 17.9 Å². The van der Waals surface area contributed by atoms with Crippen LogP contribution in [0.25, 0.3) is 0 Å². The van der Waals surface area contributed by atoms with Gasteiger partial charge in [0, 0.05) is 25.0 Å². The van der Waals surface area contributed by atoms with Crippen LogP contribution in [0.5, 0.6) is 0 Å². The first-order valence-electron chi connectivity index (χ1n) is 8.26. The van der Waals surface area contributed by atoms with Gasteiger partial charge in [-0.05, 0) is 31.7 Å². The molecule has 1 saturated heterocycles. The number of hydrogen-bond acceptors (Lipinski definition) is 3. The van der Waals surface area contributed by atoms with Crippen molar-refractivity contribution in [1.82, 2.24) is 4.90 Å². The Bertz CT molecular complexity index is 467. The Morgan fingerprint density at radius 1 is 1.32 bits per heavy atom. The summed E-state index contributed by atoms with van der Waals surface area (Å²) in [6.45, 7) is 6.39. The van der Waals surface area contributed by atoms with Crippen LogP contribution < -0.4 is 5.73 Å². The molecule has 0 radical (unpaired) electrons. The zero-order valence-electron chi connectivity index (χ0n) is 13.8. The number of ether oxygens (including phenoxy) is 1. The lowest BCUT2D eigenvalue weighted by Crippen LogP contribution is -2.49. The van der Waals surface area contributed by atoms with E-state index < -0.39 is 0 Å². The van der Waals surface area contributed by atoms with Crippen LogP contribution >= 0.6 is 0 Å². The molecule has 1 heterocycles. The van der Waals surface area contributed by atoms with E-state index in [4.69, 9.17) is 10.5 Å². The Hall–Kier alpha value is -1.39. The lowest BCUT2D eigenvalue weighted by atomic mass is 9.73. The Morgan fingerprint density at radius 2 is 1.95 bits per heavy atom. The average molecular weight is 304 g/mol. The summed E-state index contributed by atoms with van der Waals surface area (Å²) in [4.78, 5) is 14.1. The second kappa shape index (κ2) is 7.75. The number of nitrogens with zero attached hydrogens (tertiary/aromatic N) is 1. The minimum Gasteiger partial charge on any atom is -0.369 e. The van der Waals surface area contributed by atoms with Gasteiger partial charge in [0.05, 0.1) is 6.10 Å². The summed E-state index contributed by atoms with van der Waals surface area (Å²) in [5.41, 5.74) is 7.38. The number of carbonyl (C=O) groups excluding carboxylic acids is 1. The number of benzene rings is 1. The second-order valence-electron chi connectivity index (χ2n) is 6.26. The number of amides is 1. The molecule has 2 rings (SSSR count). The summed E-state index contributed by atoms with van der Waals surface area (Å²) in [6.07, 6.45) is 2.91. The highest BCUT2D eigenvalue weighted by molar-refractivity contribution is 5.77. The van der Waals surface area contributed by atoms with Crippen molar-refractivity contribution >= 4 is 5.91 Å². The van der Waals surface area contributed by atoms with Gasteiger partial charge in [0.15, 0.2) is 0 Å². The average Bonchev–Trinajstić information content (AvgIpc) is 2.60. The minimum atomic E-state index is 0.00953. The molecule has 4 heteroatoms. The van der Waals surface area contributed by atoms with E-state index in [2.05, 4.69) is 31.2 Å². The molecule has 1 amide bonds. The highest BCUT2D eigenvalue weighted by atomic mass is 16.5. The largest absolute Gasteiger partial charge is 0.369 e. The number of nitrogens with two attached hydrogens (primary N) is 1. The van der Waals surface area contributed by atoms with Crippen molar-refractivity contribution < 1.29 is 9.53 Å². The van der Waals surface area contributed by atoms with Gasteiger partial charge >= 0.3 is 0 Å². The van der Waals surface area contributed by atoms with Crippen LogP contribution in [0.2, 0.25) is 0 Å². The molecule has 1 aromatic carbocycles. The van der Waals surface area contributed by atoms with Crippen LogP contribution in [0.4, 0.5) is 0 Å². The van der Waals surface area contributed by atoms with Gasteiger partial charge in [-0.25, -0.2) is 0 Å². The van der Waals surface area contributed by atoms with E-state index in [0.29, 0.717) is 6.54 Å². The fourth-order valence-electron chi connectivity index (χ4n) is 3.01. The first-order valence-corrected chi connectivity index (χ1v) is 8.26. The molecule has 0 aromatic heterocycles. The third-order valence-electron chi connectivity index (χ3n) is 4.92. The normalized spacial score (nSPS) is 19.0. The Labute approximate surface area is 133 Å². The van der Waals surface area contributed by atoms with Crippen LogP contribution in [0, 0.1) is 0 Å². The molecule has 0 saturated carbocycles. The topological polar surface area (TPSA) is 55.6 Å². The third-order valence-corrected chi connectivity index (χ3v) is 4.92. The number of rotatable bonds is 6. The molecule has 4 nitrogen and oxygen atoms in total. The molecule has 1 aliphatic rings. The third kappa shape index (κ3) is 3.87. The Morgan fingerprint density at radius 3 is 2.50 bits per heavy atom. The van der Waals surface area contributed by atoms with Gasteiger partial charge < -0.3 is 15.4 Å². The molecule has 122 valence electrons. The van der Waals surface area contributed by atoms with E-state index in [-0.39, 0.29) is 24.0 Å². The summed E-state index contributed by atoms with van der Waals surface area (Å²) in [5, 5.41) is 0. The minimum absolute atomic E-state index is 0.00953. The van der Waals surface area contributed by atoms with Crippen LogP contribution in [0.1, 0.15) is 38.7 Å². The fourth-order valence-corrected chi connectivity index (χ4v) is 3.01. The number of piperidine rings is 1. The standard InChI is InChI=1S/C18H28N2O2/c1-3-15(2)22-13-17(21)20-11-9-18(14-19,10-12-20)16-7-5-4-6-8-16/h4-8,15H,3,9-14,19H2,1-2H3. The SMILES string of the molecule is CCC(C)OCC(=O)N1CCC(CN)(c2ccccc2)CC1. The van der Waals surface area contributed by atoms with Crippen LogP contribution in [0.15, 0.2) is 30.3 Å². The highest BCUT2D eigenvalue weighted by Crippen LogP contribution is 2.34. The maximum absolute atomic E-state index is 12.2. The summed E-state index contributed by atoms with van der Waals surface area (Å²) < 4.78 is 5.55. The van der Waals surface area contributed by atoms with Crippen LogP contribution in [-0.4, -0.2) is 43.2 Å². The van der Waals surface area contributed by atoms with Crippen molar-refractivity contribution in [2.24, 2.45) is 5.73 Å². The maximum atomic E-state index is 12.2. The predicted octanol–water partition coefficient (Wildman–Crippen LogP) is 2.32. The zero-order chi connectivity index (χ0) is 16.0. The van der Waals surface area contributed by atoms with Crippen molar-refractivity contribution in [2.45, 2.75) is 44.6 Å². The molecule has 0 spiro atoms. The zero-order valence-corrected chi connectivity index (χ0v) is 13.8. The van der Waals surface area contributed by atoms with Crippen LogP contribution in [0.3, 0.4) is 0 Å². The molecule has 0 bridgehead atoms. The van der Waals surface area contributed by atoms with Crippen molar-refractivity contribution in [3.63, 3.8) is 0 Å². The predicted molar refractivity (Wildman–Crippen MR) is 88.7 cm³/mol. The summed E-state index contributed by atoms with van der Waals surface area (Å²) in [6, 6.07) is 10.4. The number of likely N-dealkylation sites (tertiary alicyclic amines) is 1. The van der Waals surface area contributed by atoms with Gasteiger partial charge in [-0.15, -0.1) is 0 Å². The maximum Gasteiger partial charge on any atom is 0.248 e. The van der Waals surface area contributed by atoms with Gasteiger partial charge in [-0.3, -0.25) is 4.79 Å². The van der Waals surface area contributed by atoms with E-state index in [9.17, 15) is 4.79 Å². The van der Waals surface area contributed by atoms with Crippen molar-refractivity contribution in [2.75, 3.05) is 26.2 Å². The molecule has 1 fully saturated rings. The van der Waals surface area contributed by atoms with Crippen molar-refractivity contribution in [3.05, 3.63) is 35.9 Å². The second-order valence-corrected chi connectivity index (χ2v) is 6.26. The summed E-state index contributed by atoms with van der Waals surface area (Å²) >= 11 is 0. The van der Waals surface area contributed by atoms with Gasteiger partial charge in [-0.2, -0.15) is 0 Å². The van der Waals surface area contributed by atoms with Gasteiger partial charge in [0.1, 0.15) is 6.61 Å². The first kappa shape index (κ1) is 17.0. The van der Waals surface area contributed by atoms with E-state index in [0.717, 1.165) is 32.4 Å². The quantitative estimate of drug-likeness (QED) is 0.877. The van der Waals surface area contributed by atoms with Crippen molar-refractivity contribution in [3.8, 4) is 0 Å². The lowest BCUT2D eigenvalue weighted by molar-refractivity contribution is -0.139. The molecular formula is C18H28N2O2. The molecule has 0 aliphatic carbocycles. The number of hydrogen-bond donors (Lipinski definition) is 1. The lowest BCUT2D eigenvalue weighted by Gasteiger charge is -2.41. The van der Waals surface area contributed by atoms with Gasteiger partial charge in [0.25, 0.3) is 0 Å². The molecule has 1 aliphatic heterocycles. The number of carbonyl (C=O) groups is 1. The van der Waals surface area contributed by atoms with Crippen LogP contribution in [-0.2, 0) is 14.9 Å². The Balaban J connectivity index is 1.93. The summed E-state index contributed by atoms with van der Waals surface area (Å²) in [7, 11) is 0. The van der Waals surface area contributed by atoms with Crippen molar-refractivity contribution in [1.29, 1.82) is 0 Å². The van der Waals surface area contributed by atoms with Gasteiger partial charge in [-0.1, -0.05) is 37.3 Å². The van der Waals surface area contributed by atoms with E-state index in [1.54, 1.807) is 0 Å². The monoisotopic (exact) mass is 304 g/mol. The Kier molecular flexibility index (Phi) is 5.98. The molecular weight excluding hydrogens is 276 g/mol. The molecule has 1 aromatic rings. The fraction of sp³-hybridized carbons (Fsp3) is 0.611. The van der Waals surface area contributed by atoms with Gasteiger partial charge in [0.2, 0.25) is 5.91 Å². The summed E-state index contributed by atoms with van der Waals surface area (Å²) in [5.74, 6) is 0.0963. The molecule has 2 N–H and O–H groups in total. The van der Waals surface area contributed by atoms with E-state index >= 15 is 0 Å². The molecule has 1 unspecified atom stereocenters. The highest BCUT2D eigenvalue weighted by Gasteiger charge is 2.36. The molecule has 22 heavy (non-hydrogen) atoms. The first-order chi connectivity index (χ1) is 10.6.